The number of aromatic amines is 1. The van der Waals surface area contributed by atoms with Gasteiger partial charge in [0.25, 0.3) is 5.91 Å². The summed E-state index contributed by atoms with van der Waals surface area (Å²) < 4.78 is 0. The maximum absolute atomic E-state index is 11.9. The predicted molar refractivity (Wildman–Crippen MR) is 68.0 cm³/mol. The average Bonchev–Trinajstić information content (AvgIpc) is 2.90. The van der Waals surface area contributed by atoms with Gasteiger partial charge in [0.15, 0.2) is 11.4 Å². The number of nitrogens with one attached hydrogen (secondary N) is 2. The van der Waals surface area contributed by atoms with Crippen LogP contribution in [0.3, 0.4) is 0 Å². The summed E-state index contributed by atoms with van der Waals surface area (Å²) in [5.74, 6) is -1.79. The monoisotopic (exact) mass is 269 g/mol. The molecule has 1 rings (SSSR count). The molecule has 0 saturated carbocycles. The molecule has 0 unspecified atom stereocenters. The second-order valence-corrected chi connectivity index (χ2v) is 4.48. The molecule has 106 valence electrons. The Morgan fingerprint density at radius 1 is 1.42 bits per heavy atom. The molecule has 0 aromatic carbocycles. The molecule has 7 nitrogen and oxygen atoms in total. The van der Waals surface area contributed by atoms with Crippen molar-refractivity contribution >= 4 is 11.9 Å². The number of aliphatic hydroxyl groups is 1. The van der Waals surface area contributed by atoms with Crippen LogP contribution in [0.15, 0.2) is 6.33 Å². The molecule has 0 bridgehead atoms. The number of nitrogens with zero attached hydrogens (tertiary/aromatic N) is 1. The minimum absolute atomic E-state index is 0.0351. The fraction of sp³-hybridized carbons (Fsp3) is 0.583. The standard InChI is InChI=1S/C12H19N3O4/c1-3-12(4-2,6-16)5-13-10(17)8-9(11(18)19)15-7-14-8/h7,16H,3-6H2,1-2H3,(H,13,17)(H,14,15)(H,18,19). The van der Waals surface area contributed by atoms with Gasteiger partial charge in [0, 0.05) is 12.0 Å². The zero-order chi connectivity index (χ0) is 14.5. The first-order valence-corrected chi connectivity index (χ1v) is 6.15. The molecule has 0 saturated heterocycles. The number of carbonyl (C=O) groups excluding carboxylic acids is 1. The summed E-state index contributed by atoms with van der Waals surface area (Å²) in [4.78, 5) is 28.9. The Hall–Kier alpha value is -1.89. The lowest BCUT2D eigenvalue weighted by atomic mass is 9.83. The van der Waals surface area contributed by atoms with Crippen LogP contribution in [0.5, 0.6) is 0 Å². The molecule has 0 aliphatic carbocycles. The highest BCUT2D eigenvalue weighted by Gasteiger charge is 2.27. The van der Waals surface area contributed by atoms with Gasteiger partial charge in [-0.05, 0) is 12.8 Å². The van der Waals surface area contributed by atoms with E-state index in [1.165, 1.54) is 0 Å². The van der Waals surface area contributed by atoms with E-state index in [2.05, 4.69) is 15.3 Å². The summed E-state index contributed by atoms with van der Waals surface area (Å²) in [5.41, 5.74) is -0.762. The Morgan fingerprint density at radius 3 is 2.53 bits per heavy atom. The van der Waals surface area contributed by atoms with Crippen molar-refractivity contribution < 1.29 is 19.8 Å². The van der Waals surface area contributed by atoms with Crippen LogP contribution in [0.2, 0.25) is 0 Å². The molecule has 1 aromatic rings. The van der Waals surface area contributed by atoms with Crippen molar-refractivity contribution in [2.75, 3.05) is 13.2 Å². The Balaban J connectivity index is 2.75. The first-order chi connectivity index (χ1) is 8.99. The Morgan fingerprint density at radius 2 is 2.05 bits per heavy atom. The summed E-state index contributed by atoms with van der Waals surface area (Å²) in [5, 5.41) is 20.9. The van der Waals surface area contributed by atoms with Gasteiger partial charge in [-0.1, -0.05) is 13.8 Å². The minimum Gasteiger partial charge on any atom is -0.477 e. The molecule has 1 heterocycles. The third-order valence-electron chi connectivity index (χ3n) is 3.53. The largest absolute Gasteiger partial charge is 0.477 e. The van der Waals surface area contributed by atoms with Crippen molar-refractivity contribution in [1.29, 1.82) is 0 Å². The van der Waals surface area contributed by atoms with Crippen molar-refractivity contribution in [2.45, 2.75) is 26.7 Å². The lowest BCUT2D eigenvalue weighted by Crippen LogP contribution is -2.39. The van der Waals surface area contributed by atoms with Gasteiger partial charge >= 0.3 is 5.97 Å². The number of hydrogen-bond donors (Lipinski definition) is 4. The second kappa shape index (κ2) is 6.33. The fourth-order valence-electron chi connectivity index (χ4n) is 1.76. The van der Waals surface area contributed by atoms with Crippen LogP contribution in [0, 0.1) is 5.41 Å². The van der Waals surface area contributed by atoms with E-state index in [9.17, 15) is 14.7 Å². The summed E-state index contributed by atoms with van der Waals surface area (Å²) >= 11 is 0. The molecule has 0 spiro atoms. The number of aliphatic hydroxyl groups excluding tert-OH is 1. The zero-order valence-corrected chi connectivity index (χ0v) is 11.1. The summed E-state index contributed by atoms with van der Waals surface area (Å²) in [6, 6.07) is 0. The molecule has 7 heteroatoms. The van der Waals surface area contributed by atoms with Gasteiger partial charge in [0.2, 0.25) is 0 Å². The number of aromatic carboxylic acids is 1. The van der Waals surface area contributed by atoms with Crippen LogP contribution in [-0.4, -0.2) is 45.2 Å². The highest BCUT2D eigenvalue weighted by Crippen LogP contribution is 2.24. The third-order valence-corrected chi connectivity index (χ3v) is 3.53. The first kappa shape index (κ1) is 15.2. The topological polar surface area (TPSA) is 115 Å². The van der Waals surface area contributed by atoms with E-state index in [1.807, 2.05) is 13.8 Å². The Bertz CT molecular complexity index is 443. The van der Waals surface area contributed by atoms with Gasteiger partial charge in [0.1, 0.15) is 0 Å². The van der Waals surface area contributed by atoms with Crippen LogP contribution in [0.25, 0.3) is 0 Å². The van der Waals surface area contributed by atoms with Gasteiger partial charge in [-0.25, -0.2) is 9.78 Å². The lowest BCUT2D eigenvalue weighted by molar-refractivity contribution is 0.0682. The Kier molecular flexibility index (Phi) is 5.05. The van der Waals surface area contributed by atoms with Gasteiger partial charge in [-0.3, -0.25) is 4.79 Å². The molecule has 0 aliphatic rings. The maximum Gasteiger partial charge on any atom is 0.354 e. The highest BCUT2D eigenvalue weighted by atomic mass is 16.4. The molecular weight excluding hydrogens is 250 g/mol. The number of rotatable bonds is 7. The molecule has 0 aliphatic heterocycles. The van der Waals surface area contributed by atoms with E-state index in [1.54, 1.807) is 0 Å². The second-order valence-electron chi connectivity index (χ2n) is 4.48. The Labute approximate surface area is 111 Å². The molecule has 0 fully saturated rings. The van der Waals surface area contributed by atoms with Crippen molar-refractivity contribution in [3.8, 4) is 0 Å². The number of H-pyrrole nitrogens is 1. The summed E-state index contributed by atoms with van der Waals surface area (Å²) in [7, 11) is 0. The maximum atomic E-state index is 11.9. The van der Waals surface area contributed by atoms with E-state index in [-0.39, 0.29) is 30.0 Å². The van der Waals surface area contributed by atoms with Crippen molar-refractivity contribution in [2.24, 2.45) is 5.41 Å². The first-order valence-electron chi connectivity index (χ1n) is 6.15. The van der Waals surface area contributed by atoms with E-state index in [0.717, 1.165) is 6.33 Å². The van der Waals surface area contributed by atoms with Gasteiger partial charge in [0.05, 0.1) is 12.9 Å². The van der Waals surface area contributed by atoms with Gasteiger partial charge < -0.3 is 20.5 Å². The van der Waals surface area contributed by atoms with Crippen LogP contribution in [-0.2, 0) is 0 Å². The quantitative estimate of drug-likeness (QED) is 0.579. The molecule has 4 N–H and O–H groups in total. The van der Waals surface area contributed by atoms with E-state index in [0.29, 0.717) is 12.8 Å². The van der Waals surface area contributed by atoms with Crippen LogP contribution in [0.1, 0.15) is 47.7 Å². The van der Waals surface area contributed by atoms with Gasteiger partial charge in [-0.15, -0.1) is 0 Å². The van der Waals surface area contributed by atoms with E-state index in [4.69, 9.17) is 5.11 Å². The predicted octanol–water partition coefficient (Wildman–Crippen LogP) is 0.636. The van der Waals surface area contributed by atoms with Crippen LogP contribution < -0.4 is 5.32 Å². The molecule has 1 amide bonds. The van der Waals surface area contributed by atoms with E-state index < -0.39 is 11.9 Å². The molecular formula is C12H19N3O4. The van der Waals surface area contributed by atoms with Crippen LogP contribution >= 0.6 is 0 Å². The number of carboxylic acids is 1. The van der Waals surface area contributed by atoms with E-state index >= 15 is 0 Å². The smallest absolute Gasteiger partial charge is 0.354 e. The zero-order valence-electron chi connectivity index (χ0n) is 11.1. The summed E-state index contributed by atoms with van der Waals surface area (Å²) in [6.45, 7) is 4.11. The molecule has 1 aromatic heterocycles. The van der Waals surface area contributed by atoms with Crippen molar-refractivity contribution in [3.05, 3.63) is 17.7 Å². The SMILES string of the molecule is CCC(CC)(CO)CNC(=O)c1nc[nH]c1C(=O)O. The molecule has 19 heavy (non-hydrogen) atoms. The van der Waals surface area contributed by atoms with Crippen molar-refractivity contribution in [3.63, 3.8) is 0 Å². The van der Waals surface area contributed by atoms with Crippen LogP contribution in [0.4, 0.5) is 0 Å². The third kappa shape index (κ3) is 3.31. The normalized spacial score (nSPS) is 11.3. The minimum atomic E-state index is -1.23. The summed E-state index contributed by atoms with van der Waals surface area (Å²) in [6.07, 6.45) is 2.59. The van der Waals surface area contributed by atoms with Crippen molar-refractivity contribution in [1.82, 2.24) is 15.3 Å². The average molecular weight is 269 g/mol. The number of hydrogen-bond acceptors (Lipinski definition) is 4. The highest BCUT2D eigenvalue weighted by molar-refractivity contribution is 6.02. The number of carbonyl (C=O) groups is 2. The molecule has 0 radical (unpaired) electrons. The fourth-order valence-corrected chi connectivity index (χ4v) is 1.76. The number of carboxylic acid groups (broad SMARTS) is 1. The number of amides is 1. The molecule has 0 atom stereocenters. The van der Waals surface area contributed by atoms with Gasteiger partial charge in [-0.2, -0.15) is 0 Å². The lowest BCUT2D eigenvalue weighted by Gasteiger charge is -2.29. The number of imidazole rings is 1. The number of aromatic nitrogens is 2.